The highest BCUT2D eigenvalue weighted by Crippen LogP contribution is 2.40. The number of phenolic OH excluding ortho intramolecular Hbond substituents is 1. The number of benzene rings is 1. The third-order valence-electron chi connectivity index (χ3n) is 8.02. The Hall–Kier alpha value is -1.16. The van der Waals surface area contributed by atoms with Crippen molar-refractivity contribution in [3.05, 3.63) is 28.8 Å². The summed E-state index contributed by atoms with van der Waals surface area (Å²) in [5, 5.41) is 10.9. The van der Waals surface area contributed by atoms with Gasteiger partial charge in [-0.25, -0.2) is 0 Å². The Morgan fingerprint density at radius 1 is 0.683 bits per heavy atom. The lowest BCUT2D eigenvalue weighted by molar-refractivity contribution is -0.140. The molecule has 0 heterocycles. The average molecular weight is 591 g/mol. The van der Waals surface area contributed by atoms with E-state index in [1.165, 1.54) is 95.5 Å². The number of hydrogen-bond acceptors (Lipinski definition) is 4. The summed E-state index contributed by atoms with van der Waals surface area (Å²) in [6.07, 6.45) is 23.6. The van der Waals surface area contributed by atoms with Crippen LogP contribution in [0.15, 0.2) is 12.1 Å². The summed E-state index contributed by atoms with van der Waals surface area (Å²) in [5.41, 5.74) is 3.09. The van der Waals surface area contributed by atoms with E-state index >= 15 is 0 Å². The van der Waals surface area contributed by atoms with Gasteiger partial charge >= 0.3 is 5.97 Å². The van der Waals surface area contributed by atoms with Crippen LogP contribution in [-0.2, 0) is 26.8 Å². The molecule has 0 fully saturated rings. The van der Waals surface area contributed by atoms with E-state index in [0.717, 1.165) is 42.6 Å². The van der Waals surface area contributed by atoms with Crippen LogP contribution in [0.4, 0.5) is 0 Å². The van der Waals surface area contributed by atoms with E-state index < -0.39 is 0 Å². The molecule has 0 aromatic heterocycles. The van der Waals surface area contributed by atoms with Crippen molar-refractivity contribution >= 4 is 17.7 Å². The lowest BCUT2D eigenvalue weighted by Gasteiger charge is -2.28. The minimum atomic E-state index is -0.106. The summed E-state index contributed by atoms with van der Waals surface area (Å²) in [4.78, 5) is 12.1. The fourth-order valence-electron chi connectivity index (χ4n) is 5.39. The molecule has 0 radical (unpaired) electrons. The first-order valence-electron chi connectivity index (χ1n) is 17.1. The van der Waals surface area contributed by atoms with Gasteiger partial charge in [0.05, 0.1) is 12.4 Å². The first-order valence-corrected chi connectivity index (χ1v) is 18.2. The van der Waals surface area contributed by atoms with Crippen LogP contribution < -0.4 is 0 Å². The molecule has 41 heavy (non-hydrogen) atoms. The normalized spacial score (nSPS) is 12.2. The predicted octanol–water partition coefficient (Wildman–Crippen LogP) is 11.5. The van der Waals surface area contributed by atoms with Crippen LogP contribution in [0.5, 0.6) is 5.75 Å². The van der Waals surface area contributed by atoms with Crippen LogP contribution in [0.3, 0.4) is 0 Å². The summed E-state index contributed by atoms with van der Waals surface area (Å²) >= 11 is 1.67. The summed E-state index contributed by atoms with van der Waals surface area (Å²) in [7, 11) is 0. The van der Waals surface area contributed by atoms with E-state index in [2.05, 4.69) is 60.6 Å². The molecule has 3 nitrogen and oxygen atoms in total. The predicted molar refractivity (Wildman–Crippen MR) is 182 cm³/mol. The molecule has 1 N–H and O–H groups in total. The maximum atomic E-state index is 12.1. The molecule has 0 saturated carbocycles. The highest BCUT2D eigenvalue weighted by atomic mass is 32.2. The Kier molecular flexibility index (Phi) is 19.9. The molecule has 4 heteroatoms. The number of phenols is 1. The van der Waals surface area contributed by atoms with Gasteiger partial charge in [-0.2, -0.15) is 11.8 Å². The van der Waals surface area contributed by atoms with Crippen molar-refractivity contribution in [3.8, 4) is 5.75 Å². The van der Waals surface area contributed by atoms with Crippen LogP contribution >= 0.6 is 11.8 Å². The Bertz CT molecular complexity index is 783. The molecular formula is C37H66O3S. The molecule has 1 aromatic rings. The van der Waals surface area contributed by atoms with E-state index in [-0.39, 0.29) is 16.8 Å². The topological polar surface area (TPSA) is 46.5 Å². The zero-order valence-electron chi connectivity index (χ0n) is 28.2. The van der Waals surface area contributed by atoms with Crippen LogP contribution in [0.25, 0.3) is 0 Å². The fourth-order valence-corrected chi connectivity index (χ4v) is 6.14. The first-order chi connectivity index (χ1) is 19.5. The molecule has 0 aliphatic rings. The highest BCUT2D eigenvalue weighted by molar-refractivity contribution is 7.99. The number of carbonyl (C=O) groups is 1. The van der Waals surface area contributed by atoms with Gasteiger partial charge in [0.2, 0.25) is 0 Å². The fraction of sp³-hybridized carbons (Fsp3) is 0.811. The second-order valence-corrected chi connectivity index (χ2v) is 15.3. The monoisotopic (exact) mass is 590 g/mol. The Balaban J connectivity index is 2.05. The summed E-state index contributed by atoms with van der Waals surface area (Å²) < 4.78 is 5.46. The Morgan fingerprint density at radius 2 is 1.10 bits per heavy atom. The van der Waals surface area contributed by atoms with Crippen molar-refractivity contribution in [3.63, 3.8) is 0 Å². The molecule has 1 aromatic carbocycles. The first kappa shape index (κ1) is 37.9. The van der Waals surface area contributed by atoms with Gasteiger partial charge in [-0.3, -0.25) is 4.79 Å². The van der Waals surface area contributed by atoms with Crippen molar-refractivity contribution < 1.29 is 14.6 Å². The minimum absolute atomic E-state index is 0.0781. The largest absolute Gasteiger partial charge is 0.507 e. The van der Waals surface area contributed by atoms with Crippen molar-refractivity contribution in [1.82, 2.24) is 0 Å². The molecule has 0 saturated heterocycles. The molecule has 0 aliphatic carbocycles. The van der Waals surface area contributed by atoms with Crippen LogP contribution in [0.1, 0.15) is 174 Å². The molecule has 0 amide bonds. The van der Waals surface area contributed by atoms with Crippen molar-refractivity contribution in [1.29, 1.82) is 0 Å². The zero-order chi connectivity index (χ0) is 30.6. The summed E-state index contributed by atoms with van der Waals surface area (Å²) in [5.74, 6) is 1.74. The molecule has 0 aliphatic heterocycles. The Labute approximate surface area is 259 Å². The molecule has 0 unspecified atom stereocenters. The summed E-state index contributed by atoms with van der Waals surface area (Å²) in [6.45, 7) is 15.8. The second kappa shape index (κ2) is 21.5. The number of esters is 1. The number of hydrogen-bond donors (Lipinski definition) is 1. The molecule has 0 atom stereocenters. The van der Waals surface area contributed by atoms with E-state index in [9.17, 15) is 9.90 Å². The molecule has 1 rings (SSSR count). The van der Waals surface area contributed by atoms with Gasteiger partial charge in [0, 0.05) is 0 Å². The van der Waals surface area contributed by atoms with E-state index in [1.807, 2.05) is 0 Å². The average Bonchev–Trinajstić information content (AvgIpc) is 2.89. The van der Waals surface area contributed by atoms with Crippen molar-refractivity contribution in [2.45, 2.75) is 175 Å². The number of carbonyl (C=O) groups excluding carboxylic acids is 1. The van der Waals surface area contributed by atoms with Crippen LogP contribution in [-0.4, -0.2) is 29.2 Å². The van der Waals surface area contributed by atoms with Gasteiger partial charge in [-0.15, -0.1) is 0 Å². The third-order valence-corrected chi connectivity index (χ3v) is 9.04. The van der Waals surface area contributed by atoms with Crippen molar-refractivity contribution in [2.24, 2.45) is 0 Å². The standard InChI is InChI=1S/C37H66O3S/c1-8-9-10-11-12-13-14-15-16-17-18-19-20-21-22-23-26-40-34(38)30-41-27-24-25-31-28-32(36(2,3)4)35(39)33(29-31)37(5,6)7/h28-29,39H,8-27,30H2,1-7H3. The number of aromatic hydroxyl groups is 1. The number of ether oxygens (including phenoxy) is 1. The van der Waals surface area contributed by atoms with Gasteiger partial charge in [0.15, 0.2) is 0 Å². The van der Waals surface area contributed by atoms with E-state index in [4.69, 9.17) is 4.74 Å². The van der Waals surface area contributed by atoms with E-state index in [1.54, 1.807) is 11.8 Å². The maximum absolute atomic E-state index is 12.1. The maximum Gasteiger partial charge on any atom is 0.315 e. The number of aryl methyl sites for hydroxylation is 1. The van der Waals surface area contributed by atoms with Crippen LogP contribution in [0, 0.1) is 0 Å². The Morgan fingerprint density at radius 3 is 1.51 bits per heavy atom. The highest BCUT2D eigenvalue weighted by Gasteiger charge is 2.26. The van der Waals surface area contributed by atoms with Gasteiger partial charge in [-0.1, -0.05) is 157 Å². The van der Waals surface area contributed by atoms with E-state index in [0.29, 0.717) is 18.1 Å². The number of thioether (sulfide) groups is 1. The minimum Gasteiger partial charge on any atom is -0.507 e. The van der Waals surface area contributed by atoms with Crippen molar-refractivity contribution in [2.75, 3.05) is 18.1 Å². The lowest BCUT2D eigenvalue weighted by atomic mass is 9.78. The SMILES string of the molecule is CCCCCCCCCCCCCCCCCCOC(=O)CSCCCc1cc(C(C)(C)C)c(O)c(C(C)(C)C)c1. The smallest absolute Gasteiger partial charge is 0.315 e. The third kappa shape index (κ3) is 18.2. The van der Waals surface area contributed by atoms with Gasteiger partial charge in [0.25, 0.3) is 0 Å². The number of unbranched alkanes of at least 4 members (excludes halogenated alkanes) is 15. The molecular weight excluding hydrogens is 524 g/mol. The quantitative estimate of drug-likeness (QED) is 0.102. The zero-order valence-corrected chi connectivity index (χ0v) is 29.0. The lowest BCUT2D eigenvalue weighted by Crippen LogP contribution is -2.18. The molecule has 0 bridgehead atoms. The van der Waals surface area contributed by atoms with Gasteiger partial charge in [-0.05, 0) is 52.5 Å². The second-order valence-electron chi connectivity index (χ2n) is 14.2. The summed E-state index contributed by atoms with van der Waals surface area (Å²) in [6, 6.07) is 4.34. The van der Waals surface area contributed by atoms with Crippen LogP contribution in [0.2, 0.25) is 0 Å². The molecule has 0 spiro atoms. The molecule has 238 valence electrons. The number of rotatable bonds is 23. The van der Waals surface area contributed by atoms with Gasteiger partial charge in [0.1, 0.15) is 5.75 Å². The van der Waals surface area contributed by atoms with Gasteiger partial charge < -0.3 is 9.84 Å².